The predicted octanol–water partition coefficient (Wildman–Crippen LogP) is 9.05. The van der Waals surface area contributed by atoms with Gasteiger partial charge in [0.25, 0.3) is 0 Å². The number of ether oxygens (including phenoxy) is 2. The summed E-state index contributed by atoms with van der Waals surface area (Å²) in [4.78, 5) is 14.7. The quantitative estimate of drug-likeness (QED) is 0.0951. The number of hydrogen-bond donors (Lipinski definition) is 1. The monoisotopic (exact) mass is 525 g/mol. The van der Waals surface area contributed by atoms with Gasteiger partial charge in [-0.1, -0.05) is 110 Å². The first-order valence-electron chi connectivity index (χ1n) is 16.4. The highest BCUT2D eigenvalue weighted by molar-refractivity contribution is 5.59. The summed E-state index contributed by atoms with van der Waals surface area (Å²) in [5.41, 5.74) is 0. The normalized spacial score (nSPS) is 14.5. The van der Waals surface area contributed by atoms with Crippen molar-refractivity contribution in [3.05, 3.63) is 0 Å². The second kappa shape index (κ2) is 25.5. The van der Waals surface area contributed by atoms with Crippen LogP contribution in [-0.2, 0) is 9.47 Å². The van der Waals surface area contributed by atoms with E-state index in [1.54, 1.807) is 0 Å². The molecule has 220 valence electrons. The van der Waals surface area contributed by atoms with Crippen molar-refractivity contribution >= 4 is 6.16 Å². The average Bonchev–Trinajstić information content (AvgIpc) is 2.92. The standard InChI is InChI=1S/C32H63NO4/c1-3-5-7-9-11-15-21-30(22-16-12-10-8-6-4-2)29-37-32(35)36-28-20-14-19-25-33(26-27-34)31-23-17-13-18-24-31/h30-31,34H,3-29H2,1-2H3. The Morgan fingerprint density at radius 1 is 0.730 bits per heavy atom. The van der Waals surface area contributed by atoms with Gasteiger partial charge in [0, 0.05) is 12.6 Å². The SMILES string of the molecule is CCCCCCCCC(CCCCCCCC)COC(=O)OCCCCCN(CCO)C1CCCCC1. The van der Waals surface area contributed by atoms with Gasteiger partial charge < -0.3 is 14.6 Å². The first-order chi connectivity index (χ1) is 18.2. The van der Waals surface area contributed by atoms with Crippen LogP contribution in [0.15, 0.2) is 0 Å². The van der Waals surface area contributed by atoms with Gasteiger partial charge >= 0.3 is 6.16 Å². The Morgan fingerprint density at radius 3 is 1.89 bits per heavy atom. The molecule has 0 unspecified atom stereocenters. The minimum atomic E-state index is -0.486. The predicted molar refractivity (Wildman–Crippen MR) is 156 cm³/mol. The number of carbonyl (C=O) groups is 1. The molecule has 0 radical (unpaired) electrons. The molecule has 1 N–H and O–H groups in total. The molecular formula is C32H63NO4. The molecular weight excluding hydrogens is 462 g/mol. The highest BCUT2D eigenvalue weighted by Gasteiger charge is 2.20. The smallest absolute Gasteiger partial charge is 0.434 e. The van der Waals surface area contributed by atoms with Crippen molar-refractivity contribution in [3.8, 4) is 0 Å². The van der Waals surface area contributed by atoms with Crippen molar-refractivity contribution in [1.29, 1.82) is 0 Å². The Bertz CT molecular complexity index is 479. The summed E-state index contributed by atoms with van der Waals surface area (Å²) in [7, 11) is 0. The summed E-state index contributed by atoms with van der Waals surface area (Å²) in [6.07, 6.45) is 27.1. The summed E-state index contributed by atoms with van der Waals surface area (Å²) >= 11 is 0. The van der Waals surface area contributed by atoms with Crippen molar-refractivity contribution in [2.24, 2.45) is 5.92 Å². The van der Waals surface area contributed by atoms with Crippen molar-refractivity contribution in [3.63, 3.8) is 0 Å². The maximum atomic E-state index is 12.2. The Morgan fingerprint density at radius 2 is 1.30 bits per heavy atom. The molecule has 0 saturated heterocycles. The van der Waals surface area contributed by atoms with E-state index < -0.39 is 6.16 Å². The third kappa shape index (κ3) is 19.9. The summed E-state index contributed by atoms with van der Waals surface area (Å²) < 4.78 is 10.9. The number of aliphatic hydroxyl groups excluding tert-OH is 1. The molecule has 1 aliphatic carbocycles. The van der Waals surface area contributed by atoms with Crippen LogP contribution in [0.3, 0.4) is 0 Å². The van der Waals surface area contributed by atoms with Crippen molar-refractivity contribution < 1.29 is 19.4 Å². The summed E-state index contributed by atoms with van der Waals surface area (Å²) in [5.74, 6) is 0.474. The molecule has 1 fully saturated rings. The molecule has 1 saturated carbocycles. The third-order valence-corrected chi connectivity index (χ3v) is 8.16. The minimum Gasteiger partial charge on any atom is -0.434 e. The van der Waals surface area contributed by atoms with Crippen molar-refractivity contribution in [2.45, 2.75) is 161 Å². The molecule has 0 atom stereocenters. The molecule has 37 heavy (non-hydrogen) atoms. The van der Waals surface area contributed by atoms with E-state index in [1.807, 2.05) is 0 Å². The first-order valence-corrected chi connectivity index (χ1v) is 16.4. The number of carbonyl (C=O) groups excluding carboxylic acids is 1. The fourth-order valence-corrected chi connectivity index (χ4v) is 5.77. The molecule has 1 rings (SSSR count). The van der Waals surface area contributed by atoms with Crippen LogP contribution < -0.4 is 0 Å². The molecule has 1 aliphatic rings. The fourth-order valence-electron chi connectivity index (χ4n) is 5.77. The number of rotatable bonds is 25. The second-order valence-electron chi connectivity index (χ2n) is 11.5. The van der Waals surface area contributed by atoms with Crippen molar-refractivity contribution in [1.82, 2.24) is 4.90 Å². The van der Waals surface area contributed by atoms with E-state index in [-0.39, 0.29) is 6.61 Å². The van der Waals surface area contributed by atoms with Gasteiger partial charge in [-0.2, -0.15) is 0 Å². The van der Waals surface area contributed by atoms with Crippen LogP contribution in [0.2, 0.25) is 0 Å². The number of unbranched alkanes of at least 4 members (excludes halogenated alkanes) is 12. The Kier molecular flexibility index (Phi) is 23.6. The maximum absolute atomic E-state index is 12.2. The second-order valence-corrected chi connectivity index (χ2v) is 11.5. The van der Waals surface area contributed by atoms with Crippen molar-refractivity contribution in [2.75, 3.05) is 32.9 Å². The molecule has 5 heteroatoms. The average molecular weight is 526 g/mol. The summed E-state index contributed by atoms with van der Waals surface area (Å²) in [6.45, 7) is 7.54. The molecule has 0 heterocycles. The van der Waals surface area contributed by atoms with Gasteiger partial charge in [0.05, 0.1) is 19.8 Å². The highest BCUT2D eigenvalue weighted by atomic mass is 16.7. The Hall–Kier alpha value is -0.810. The largest absolute Gasteiger partial charge is 0.508 e. The Balaban J connectivity index is 2.19. The van der Waals surface area contributed by atoms with E-state index in [0.717, 1.165) is 32.4 Å². The van der Waals surface area contributed by atoms with Gasteiger partial charge in [-0.3, -0.25) is 4.90 Å². The van der Waals surface area contributed by atoms with Gasteiger partial charge in [-0.25, -0.2) is 4.79 Å². The fraction of sp³-hybridized carbons (Fsp3) is 0.969. The lowest BCUT2D eigenvalue weighted by Crippen LogP contribution is -2.39. The first kappa shape index (κ1) is 34.2. The van der Waals surface area contributed by atoms with Crippen LogP contribution in [0.1, 0.15) is 155 Å². The van der Waals surface area contributed by atoms with Crippen LogP contribution in [0.5, 0.6) is 0 Å². The lowest BCUT2D eigenvalue weighted by atomic mass is 9.94. The molecule has 0 aliphatic heterocycles. The maximum Gasteiger partial charge on any atom is 0.508 e. The van der Waals surface area contributed by atoms with Gasteiger partial charge in [0.1, 0.15) is 0 Å². The number of aliphatic hydroxyl groups is 1. The van der Waals surface area contributed by atoms with E-state index in [4.69, 9.17) is 9.47 Å². The minimum absolute atomic E-state index is 0.240. The molecule has 0 amide bonds. The van der Waals surface area contributed by atoms with Gasteiger partial charge in [0.2, 0.25) is 0 Å². The van der Waals surface area contributed by atoms with Crippen LogP contribution in [0, 0.1) is 5.92 Å². The molecule has 5 nitrogen and oxygen atoms in total. The topological polar surface area (TPSA) is 59.0 Å². The molecule has 0 aromatic carbocycles. The van der Waals surface area contributed by atoms with Crippen LogP contribution in [0.4, 0.5) is 4.79 Å². The van der Waals surface area contributed by atoms with E-state index in [0.29, 0.717) is 25.2 Å². The molecule has 0 aromatic rings. The lowest BCUT2D eigenvalue weighted by Gasteiger charge is -2.34. The van der Waals surface area contributed by atoms with E-state index in [2.05, 4.69) is 18.7 Å². The third-order valence-electron chi connectivity index (χ3n) is 8.16. The van der Waals surface area contributed by atoms with Crippen LogP contribution in [-0.4, -0.2) is 55.1 Å². The zero-order chi connectivity index (χ0) is 26.8. The summed E-state index contributed by atoms with van der Waals surface area (Å²) in [6, 6.07) is 0.646. The van der Waals surface area contributed by atoms with E-state index in [9.17, 15) is 9.90 Å². The van der Waals surface area contributed by atoms with E-state index in [1.165, 1.54) is 122 Å². The molecule has 0 aromatic heterocycles. The van der Waals surface area contributed by atoms with Gasteiger partial charge in [-0.15, -0.1) is 0 Å². The zero-order valence-corrected chi connectivity index (χ0v) is 24.9. The van der Waals surface area contributed by atoms with Crippen LogP contribution in [0.25, 0.3) is 0 Å². The van der Waals surface area contributed by atoms with Crippen LogP contribution >= 0.6 is 0 Å². The highest BCUT2D eigenvalue weighted by Crippen LogP contribution is 2.23. The molecule has 0 spiro atoms. The van der Waals surface area contributed by atoms with Gasteiger partial charge in [0.15, 0.2) is 0 Å². The lowest BCUT2D eigenvalue weighted by molar-refractivity contribution is 0.0403. The Labute approximate surface area is 230 Å². The number of nitrogens with zero attached hydrogens (tertiary/aromatic N) is 1. The van der Waals surface area contributed by atoms with Gasteiger partial charge in [-0.05, 0) is 57.4 Å². The molecule has 0 bridgehead atoms. The zero-order valence-electron chi connectivity index (χ0n) is 24.9. The number of hydrogen-bond acceptors (Lipinski definition) is 5. The summed E-state index contributed by atoms with van der Waals surface area (Å²) in [5, 5.41) is 9.43. The van der Waals surface area contributed by atoms with E-state index >= 15 is 0 Å².